The molecule has 0 saturated heterocycles. The third-order valence-corrected chi connectivity index (χ3v) is 4.70. The molecule has 0 radical (unpaired) electrons. The van der Waals surface area contributed by atoms with Gasteiger partial charge in [0.1, 0.15) is 5.58 Å². The molecule has 0 saturated carbocycles. The zero-order chi connectivity index (χ0) is 18.1. The molecule has 3 aromatic rings. The van der Waals surface area contributed by atoms with Crippen LogP contribution >= 0.6 is 0 Å². The molecule has 1 aromatic heterocycles. The zero-order valence-corrected chi connectivity index (χ0v) is 14.5. The van der Waals surface area contributed by atoms with E-state index in [0.29, 0.717) is 18.7 Å². The number of amides is 1. The molecule has 1 amide bonds. The largest absolute Gasteiger partial charge is 0.449 e. The Morgan fingerprint density at radius 3 is 2.62 bits per heavy atom. The number of nitrogens with zero attached hydrogens (tertiary/aromatic N) is 1. The van der Waals surface area contributed by atoms with Crippen molar-refractivity contribution in [2.45, 2.75) is 26.0 Å². The molecule has 26 heavy (non-hydrogen) atoms. The maximum atomic E-state index is 12.7. The van der Waals surface area contributed by atoms with E-state index in [0.717, 1.165) is 17.4 Å². The van der Waals surface area contributed by atoms with E-state index < -0.39 is 12.1 Å². The number of para-hydroxylation sites is 1. The molecule has 2 aromatic carbocycles. The predicted molar refractivity (Wildman–Crippen MR) is 96.7 cm³/mol. The summed E-state index contributed by atoms with van der Waals surface area (Å²) in [6, 6.07) is 17.1. The van der Waals surface area contributed by atoms with Crippen LogP contribution in [0.4, 0.5) is 0 Å². The van der Waals surface area contributed by atoms with E-state index in [4.69, 9.17) is 9.15 Å². The summed E-state index contributed by atoms with van der Waals surface area (Å²) in [6.07, 6.45) is -0.0485. The fraction of sp³-hybridized carbons (Fsp3) is 0.238. The normalized spacial score (nSPS) is 14.7. The monoisotopic (exact) mass is 349 g/mol. The first kappa shape index (κ1) is 16.4. The molecule has 1 aliphatic rings. The van der Waals surface area contributed by atoms with E-state index in [2.05, 4.69) is 6.07 Å². The van der Waals surface area contributed by atoms with Crippen molar-refractivity contribution in [3.8, 4) is 0 Å². The molecule has 132 valence electrons. The molecular formula is C21H19NO4. The summed E-state index contributed by atoms with van der Waals surface area (Å²) >= 11 is 0. The number of carbonyl (C=O) groups excluding carboxylic acids is 2. The zero-order valence-electron chi connectivity index (χ0n) is 14.5. The van der Waals surface area contributed by atoms with Crippen molar-refractivity contribution >= 4 is 22.8 Å². The molecular weight excluding hydrogens is 330 g/mol. The Kier molecular flexibility index (Phi) is 4.21. The van der Waals surface area contributed by atoms with E-state index in [1.54, 1.807) is 24.0 Å². The number of fused-ring (bicyclic) bond motifs is 2. The van der Waals surface area contributed by atoms with Crippen LogP contribution in [0.3, 0.4) is 0 Å². The summed E-state index contributed by atoms with van der Waals surface area (Å²) in [5.74, 6) is -0.710. The summed E-state index contributed by atoms with van der Waals surface area (Å²) in [6.45, 7) is 2.77. The molecule has 5 heteroatoms. The van der Waals surface area contributed by atoms with Gasteiger partial charge in [-0.1, -0.05) is 42.5 Å². The van der Waals surface area contributed by atoms with Gasteiger partial charge in [-0.05, 0) is 36.6 Å². The van der Waals surface area contributed by atoms with Crippen LogP contribution in [-0.4, -0.2) is 29.4 Å². The number of benzene rings is 2. The fourth-order valence-corrected chi connectivity index (χ4v) is 3.29. The lowest BCUT2D eigenvalue weighted by Crippen LogP contribution is -2.42. The second-order valence-electron chi connectivity index (χ2n) is 6.47. The summed E-state index contributed by atoms with van der Waals surface area (Å²) in [5.41, 5.74) is 3.03. The van der Waals surface area contributed by atoms with Crippen LogP contribution in [0.5, 0.6) is 0 Å². The number of carbonyl (C=O) groups is 2. The maximum Gasteiger partial charge on any atom is 0.375 e. The second kappa shape index (κ2) is 6.67. The first-order chi connectivity index (χ1) is 12.6. The number of hydrogen-bond donors (Lipinski definition) is 0. The van der Waals surface area contributed by atoms with Gasteiger partial charge in [0.15, 0.2) is 6.10 Å². The topological polar surface area (TPSA) is 59.8 Å². The summed E-state index contributed by atoms with van der Waals surface area (Å²) < 4.78 is 10.8. The highest BCUT2D eigenvalue weighted by molar-refractivity contribution is 5.94. The minimum atomic E-state index is -0.860. The van der Waals surface area contributed by atoms with Crippen LogP contribution in [0.15, 0.2) is 59.0 Å². The van der Waals surface area contributed by atoms with Gasteiger partial charge < -0.3 is 14.1 Å². The number of hydrogen-bond acceptors (Lipinski definition) is 4. The van der Waals surface area contributed by atoms with Gasteiger partial charge in [-0.2, -0.15) is 0 Å². The van der Waals surface area contributed by atoms with Gasteiger partial charge in [-0.15, -0.1) is 0 Å². The van der Waals surface area contributed by atoms with E-state index in [1.165, 1.54) is 5.56 Å². The van der Waals surface area contributed by atoms with Gasteiger partial charge in [0, 0.05) is 18.5 Å². The van der Waals surface area contributed by atoms with Crippen molar-refractivity contribution in [3.63, 3.8) is 0 Å². The van der Waals surface area contributed by atoms with E-state index in [1.807, 2.05) is 36.4 Å². The van der Waals surface area contributed by atoms with Crippen molar-refractivity contribution in [1.82, 2.24) is 4.90 Å². The van der Waals surface area contributed by atoms with Crippen LogP contribution in [0.2, 0.25) is 0 Å². The molecule has 0 N–H and O–H groups in total. The molecule has 2 heterocycles. The van der Waals surface area contributed by atoms with Gasteiger partial charge in [-0.25, -0.2) is 4.79 Å². The number of esters is 1. The Hall–Kier alpha value is -3.08. The van der Waals surface area contributed by atoms with Crippen molar-refractivity contribution in [1.29, 1.82) is 0 Å². The van der Waals surface area contributed by atoms with Crippen molar-refractivity contribution in [2.24, 2.45) is 0 Å². The Morgan fingerprint density at radius 1 is 1.08 bits per heavy atom. The van der Waals surface area contributed by atoms with Crippen molar-refractivity contribution < 1.29 is 18.7 Å². The molecule has 0 unspecified atom stereocenters. The third-order valence-electron chi connectivity index (χ3n) is 4.70. The summed E-state index contributed by atoms with van der Waals surface area (Å²) in [4.78, 5) is 26.7. The van der Waals surface area contributed by atoms with Crippen LogP contribution in [-0.2, 0) is 22.5 Å². The molecule has 1 aliphatic heterocycles. The van der Waals surface area contributed by atoms with Crippen molar-refractivity contribution in [2.75, 3.05) is 6.54 Å². The van der Waals surface area contributed by atoms with E-state index in [9.17, 15) is 9.59 Å². The summed E-state index contributed by atoms with van der Waals surface area (Å²) in [5, 5.41) is 0.825. The third kappa shape index (κ3) is 3.08. The first-order valence-electron chi connectivity index (χ1n) is 8.67. The van der Waals surface area contributed by atoms with Crippen LogP contribution < -0.4 is 0 Å². The SMILES string of the molecule is C[C@H](OC(=O)c1cc2ccccc2o1)C(=O)N1CCc2ccccc2C1. The number of furan rings is 1. The highest BCUT2D eigenvalue weighted by Crippen LogP contribution is 2.22. The summed E-state index contributed by atoms with van der Waals surface area (Å²) in [7, 11) is 0. The predicted octanol–water partition coefficient (Wildman–Crippen LogP) is 3.56. The van der Waals surface area contributed by atoms with Crippen LogP contribution in [0.1, 0.15) is 28.6 Å². The molecule has 5 nitrogen and oxygen atoms in total. The Bertz CT molecular complexity index is 942. The Labute approximate surface area is 151 Å². The fourth-order valence-electron chi connectivity index (χ4n) is 3.29. The molecule has 0 aliphatic carbocycles. The number of rotatable bonds is 3. The van der Waals surface area contributed by atoms with Gasteiger partial charge >= 0.3 is 5.97 Å². The lowest BCUT2D eigenvalue weighted by molar-refractivity contribution is -0.140. The Balaban J connectivity index is 1.43. The van der Waals surface area contributed by atoms with Crippen LogP contribution in [0, 0.1) is 0 Å². The molecule has 1 atom stereocenters. The molecule has 0 bridgehead atoms. The minimum absolute atomic E-state index is 0.106. The lowest BCUT2D eigenvalue weighted by Gasteiger charge is -2.30. The standard InChI is InChI=1S/C21H19NO4/c1-14(20(23)22-11-10-15-6-2-3-8-17(15)13-22)25-21(24)19-12-16-7-4-5-9-18(16)26-19/h2-9,12,14H,10-11,13H2,1H3/t14-/m0/s1. The minimum Gasteiger partial charge on any atom is -0.449 e. The van der Waals surface area contributed by atoms with Gasteiger partial charge in [-0.3, -0.25) is 4.79 Å². The highest BCUT2D eigenvalue weighted by atomic mass is 16.6. The number of ether oxygens (including phenoxy) is 1. The molecule has 0 fully saturated rings. The Morgan fingerprint density at radius 2 is 1.81 bits per heavy atom. The average molecular weight is 349 g/mol. The second-order valence-corrected chi connectivity index (χ2v) is 6.47. The molecule has 4 rings (SSSR count). The smallest absolute Gasteiger partial charge is 0.375 e. The lowest BCUT2D eigenvalue weighted by atomic mass is 9.99. The quantitative estimate of drug-likeness (QED) is 0.678. The van der Waals surface area contributed by atoms with Crippen LogP contribution in [0.25, 0.3) is 11.0 Å². The van der Waals surface area contributed by atoms with Gasteiger partial charge in [0.25, 0.3) is 5.91 Å². The average Bonchev–Trinajstić information content (AvgIpc) is 3.11. The van der Waals surface area contributed by atoms with E-state index in [-0.39, 0.29) is 11.7 Å². The highest BCUT2D eigenvalue weighted by Gasteiger charge is 2.28. The molecule has 0 spiro atoms. The van der Waals surface area contributed by atoms with Gasteiger partial charge in [0.2, 0.25) is 5.76 Å². The van der Waals surface area contributed by atoms with Gasteiger partial charge in [0.05, 0.1) is 0 Å². The first-order valence-corrected chi connectivity index (χ1v) is 8.67. The van der Waals surface area contributed by atoms with Crippen molar-refractivity contribution in [3.05, 3.63) is 71.5 Å². The van der Waals surface area contributed by atoms with E-state index >= 15 is 0 Å². The maximum absolute atomic E-state index is 12.7.